The lowest BCUT2D eigenvalue weighted by molar-refractivity contribution is 0.449. The van der Waals surface area contributed by atoms with Crippen LogP contribution in [-0.4, -0.2) is 9.79 Å². The summed E-state index contributed by atoms with van der Waals surface area (Å²) >= 11 is 1.53. The molecule has 0 spiro atoms. The summed E-state index contributed by atoms with van der Waals surface area (Å²) in [5.74, 6) is -0.370. The van der Waals surface area contributed by atoms with Gasteiger partial charge in [0.2, 0.25) is 0 Å². The zero-order chi connectivity index (χ0) is 12.1. The van der Waals surface area contributed by atoms with Gasteiger partial charge in [0.15, 0.2) is 8.38 Å². The van der Waals surface area contributed by atoms with Gasteiger partial charge in [-0.3, -0.25) is 5.32 Å². The summed E-state index contributed by atoms with van der Waals surface area (Å²) in [6, 6.07) is 13.7. The molecule has 1 unspecified atom stereocenters. The molecule has 0 saturated carbocycles. The van der Waals surface area contributed by atoms with Crippen LogP contribution in [0.15, 0.2) is 47.8 Å². The van der Waals surface area contributed by atoms with Crippen molar-refractivity contribution in [2.75, 3.05) is 0 Å². The standard InChI is InChI=1S/C12H14NO2PS/c14-16(15)12(11-7-4-8-17-11)13-9-10-5-2-1-3-6-10/h1-8,12-15H,9H2. The van der Waals surface area contributed by atoms with Gasteiger partial charge in [-0.2, -0.15) is 0 Å². The molecule has 2 aromatic rings. The fourth-order valence-corrected chi connectivity index (χ4v) is 3.27. The minimum absolute atomic E-state index is 0.370. The largest absolute Gasteiger partial charge is 0.349 e. The first kappa shape index (κ1) is 12.7. The first-order chi connectivity index (χ1) is 8.27. The van der Waals surface area contributed by atoms with Crippen LogP contribution in [0, 0.1) is 0 Å². The number of hydrogen-bond donors (Lipinski definition) is 3. The first-order valence-corrected chi connectivity index (χ1v) is 7.44. The number of thiophene rings is 1. The van der Waals surface area contributed by atoms with E-state index >= 15 is 0 Å². The molecule has 90 valence electrons. The minimum atomic E-state index is -2.01. The van der Waals surface area contributed by atoms with Crippen LogP contribution in [-0.2, 0) is 6.54 Å². The minimum Gasteiger partial charge on any atom is -0.349 e. The molecule has 2 rings (SSSR count). The Morgan fingerprint density at radius 1 is 1.12 bits per heavy atom. The van der Waals surface area contributed by atoms with Gasteiger partial charge >= 0.3 is 0 Å². The van der Waals surface area contributed by atoms with Crippen molar-refractivity contribution in [3.05, 3.63) is 58.3 Å². The van der Waals surface area contributed by atoms with Crippen molar-refractivity contribution in [2.45, 2.75) is 12.3 Å². The highest BCUT2D eigenvalue weighted by Gasteiger charge is 2.20. The van der Waals surface area contributed by atoms with Crippen molar-refractivity contribution in [1.82, 2.24) is 5.32 Å². The predicted molar refractivity (Wildman–Crippen MR) is 71.7 cm³/mol. The second-order valence-electron chi connectivity index (χ2n) is 3.60. The Hall–Kier alpha value is -0.770. The molecular weight excluding hydrogens is 253 g/mol. The van der Waals surface area contributed by atoms with Gasteiger partial charge in [0.1, 0.15) is 5.78 Å². The topological polar surface area (TPSA) is 52.5 Å². The average molecular weight is 267 g/mol. The van der Waals surface area contributed by atoms with Crippen LogP contribution < -0.4 is 5.32 Å². The SMILES string of the molecule is OP(O)C(NCc1ccccc1)c1cccs1. The summed E-state index contributed by atoms with van der Waals surface area (Å²) in [6.07, 6.45) is 0. The predicted octanol–water partition coefficient (Wildman–Crippen LogP) is 2.83. The van der Waals surface area contributed by atoms with Gasteiger partial charge in [-0.05, 0) is 17.0 Å². The van der Waals surface area contributed by atoms with E-state index in [0.29, 0.717) is 6.54 Å². The van der Waals surface area contributed by atoms with E-state index in [9.17, 15) is 9.79 Å². The van der Waals surface area contributed by atoms with Crippen molar-refractivity contribution in [1.29, 1.82) is 0 Å². The van der Waals surface area contributed by atoms with E-state index in [1.54, 1.807) is 0 Å². The lowest BCUT2D eigenvalue weighted by atomic mass is 10.2. The molecule has 1 aromatic carbocycles. The molecule has 0 amide bonds. The average Bonchev–Trinajstić information content (AvgIpc) is 2.84. The molecule has 0 bridgehead atoms. The fourth-order valence-electron chi connectivity index (χ4n) is 1.55. The summed E-state index contributed by atoms with van der Waals surface area (Å²) in [6.45, 7) is 0.628. The zero-order valence-electron chi connectivity index (χ0n) is 9.15. The van der Waals surface area contributed by atoms with Gasteiger partial charge in [0, 0.05) is 11.4 Å². The number of nitrogens with one attached hydrogen (secondary N) is 1. The molecule has 1 atom stereocenters. The van der Waals surface area contributed by atoms with Crippen molar-refractivity contribution < 1.29 is 9.79 Å². The molecule has 17 heavy (non-hydrogen) atoms. The van der Waals surface area contributed by atoms with Gasteiger partial charge in [0.25, 0.3) is 0 Å². The monoisotopic (exact) mass is 267 g/mol. The van der Waals surface area contributed by atoms with E-state index in [4.69, 9.17) is 0 Å². The Balaban J connectivity index is 2.00. The van der Waals surface area contributed by atoms with Crippen LogP contribution in [0.1, 0.15) is 16.2 Å². The smallest absolute Gasteiger partial charge is 0.189 e. The van der Waals surface area contributed by atoms with E-state index in [1.807, 2.05) is 47.8 Å². The molecule has 0 aliphatic rings. The molecular formula is C12H14NO2PS. The summed E-state index contributed by atoms with van der Waals surface area (Å²) in [5, 5.41) is 5.11. The van der Waals surface area contributed by atoms with Crippen LogP contribution in [0.5, 0.6) is 0 Å². The highest BCUT2D eigenvalue weighted by Crippen LogP contribution is 2.43. The van der Waals surface area contributed by atoms with Crippen molar-refractivity contribution in [3.63, 3.8) is 0 Å². The number of rotatable bonds is 5. The van der Waals surface area contributed by atoms with Crippen LogP contribution >= 0.6 is 19.7 Å². The second-order valence-corrected chi connectivity index (χ2v) is 5.74. The highest BCUT2D eigenvalue weighted by atomic mass is 32.1. The van der Waals surface area contributed by atoms with Crippen LogP contribution in [0.2, 0.25) is 0 Å². The maximum Gasteiger partial charge on any atom is 0.189 e. The van der Waals surface area contributed by atoms with E-state index in [2.05, 4.69) is 5.32 Å². The van der Waals surface area contributed by atoms with Gasteiger partial charge < -0.3 is 9.79 Å². The normalized spacial score (nSPS) is 12.9. The van der Waals surface area contributed by atoms with Crippen LogP contribution in [0.4, 0.5) is 0 Å². The Kier molecular flexibility index (Phi) is 4.66. The molecule has 3 N–H and O–H groups in total. The quantitative estimate of drug-likeness (QED) is 0.730. The van der Waals surface area contributed by atoms with Crippen LogP contribution in [0.25, 0.3) is 0 Å². The van der Waals surface area contributed by atoms with E-state index in [-0.39, 0.29) is 5.78 Å². The van der Waals surface area contributed by atoms with Gasteiger partial charge in [-0.15, -0.1) is 11.3 Å². The highest BCUT2D eigenvalue weighted by molar-refractivity contribution is 7.46. The Labute approximate surface area is 106 Å². The lowest BCUT2D eigenvalue weighted by Gasteiger charge is -2.18. The van der Waals surface area contributed by atoms with Crippen molar-refractivity contribution in [3.8, 4) is 0 Å². The fraction of sp³-hybridized carbons (Fsp3) is 0.167. The molecule has 5 heteroatoms. The zero-order valence-corrected chi connectivity index (χ0v) is 10.9. The van der Waals surface area contributed by atoms with E-state index in [0.717, 1.165) is 10.4 Å². The third-order valence-electron chi connectivity index (χ3n) is 2.39. The first-order valence-electron chi connectivity index (χ1n) is 5.25. The number of hydrogen-bond acceptors (Lipinski definition) is 4. The summed E-state index contributed by atoms with van der Waals surface area (Å²) in [7, 11) is -2.01. The maximum absolute atomic E-state index is 9.43. The molecule has 0 aliphatic carbocycles. The second kappa shape index (κ2) is 6.24. The maximum atomic E-state index is 9.43. The summed E-state index contributed by atoms with van der Waals surface area (Å²) < 4.78 is 0. The van der Waals surface area contributed by atoms with Crippen molar-refractivity contribution >= 4 is 19.7 Å². The Morgan fingerprint density at radius 3 is 2.47 bits per heavy atom. The molecule has 0 fully saturated rings. The molecule has 0 radical (unpaired) electrons. The molecule has 1 heterocycles. The van der Waals surface area contributed by atoms with E-state index < -0.39 is 8.38 Å². The van der Waals surface area contributed by atoms with Gasteiger partial charge in [-0.25, -0.2) is 0 Å². The summed E-state index contributed by atoms with van der Waals surface area (Å²) in [4.78, 5) is 19.8. The van der Waals surface area contributed by atoms with Gasteiger partial charge in [-0.1, -0.05) is 36.4 Å². The third kappa shape index (κ3) is 3.60. The molecule has 1 aromatic heterocycles. The van der Waals surface area contributed by atoms with E-state index in [1.165, 1.54) is 11.3 Å². The van der Waals surface area contributed by atoms with Crippen LogP contribution in [0.3, 0.4) is 0 Å². The molecule has 0 aliphatic heterocycles. The molecule has 0 saturated heterocycles. The summed E-state index contributed by atoms with van der Waals surface area (Å²) in [5.41, 5.74) is 1.13. The Bertz CT molecular complexity index is 433. The van der Waals surface area contributed by atoms with Crippen molar-refractivity contribution in [2.24, 2.45) is 0 Å². The number of benzene rings is 1. The van der Waals surface area contributed by atoms with Gasteiger partial charge in [0.05, 0.1) is 0 Å². The Morgan fingerprint density at radius 2 is 1.88 bits per heavy atom. The third-order valence-corrected chi connectivity index (χ3v) is 4.42. The molecule has 3 nitrogen and oxygen atoms in total. The lowest BCUT2D eigenvalue weighted by Crippen LogP contribution is -2.18.